The Balaban J connectivity index is 1.57. The quantitative estimate of drug-likeness (QED) is 0.794. The monoisotopic (exact) mass is 346 g/mol. The molecule has 2 fully saturated rings. The Hall–Kier alpha value is -1.85. The molecular weight excluding hydrogens is 316 g/mol. The van der Waals surface area contributed by atoms with Gasteiger partial charge in [-0.2, -0.15) is 0 Å². The highest BCUT2D eigenvalue weighted by Gasteiger charge is 2.42. The molecule has 0 aliphatic carbocycles. The highest BCUT2D eigenvalue weighted by molar-refractivity contribution is 5.78. The van der Waals surface area contributed by atoms with Gasteiger partial charge in [0.15, 0.2) is 0 Å². The van der Waals surface area contributed by atoms with Crippen molar-refractivity contribution in [1.29, 1.82) is 0 Å². The minimum Gasteiger partial charge on any atom is -0.342 e. The number of hydrogen-bond acceptors (Lipinski definition) is 3. The fourth-order valence-electron chi connectivity index (χ4n) is 4.21. The lowest BCUT2D eigenvalue weighted by Gasteiger charge is -2.48. The van der Waals surface area contributed by atoms with Crippen LogP contribution in [0.3, 0.4) is 0 Å². The number of imidazole rings is 1. The Labute approximate surface area is 150 Å². The average molecular weight is 346 g/mol. The minimum absolute atomic E-state index is 0.116. The predicted octanol–water partition coefficient (Wildman–Crippen LogP) is 2.30. The molecule has 2 amide bonds. The number of piperidine rings is 2. The first-order valence-corrected chi connectivity index (χ1v) is 9.63. The SMILES string of the molecule is CCCCN1C[C@]2(CCCN(C(=O)CCn3ccnc3)C2)CCC1=O. The van der Waals surface area contributed by atoms with Crippen molar-refractivity contribution in [3.63, 3.8) is 0 Å². The zero-order valence-electron chi connectivity index (χ0n) is 15.3. The molecule has 0 bridgehead atoms. The number of carbonyl (C=O) groups excluding carboxylic acids is 2. The third kappa shape index (κ3) is 4.41. The zero-order valence-corrected chi connectivity index (χ0v) is 15.3. The molecule has 1 aromatic heterocycles. The van der Waals surface area contributed by atoms with E-state index in [9.17, 15) is 9.59 Å². The Morgan fingerprint density at radius 2 is 2.16 bits per heavy atom. The van der Waals surface area contributed by atoms with Gasteiger partial charge in [-0.25, -0.2) is 4.98 Å². The molecule has 3 rings (SSSR count). The lowest BCUT2D eigenvalue weighted by atomic mass is 9.73. The van der Waals surface area contributed by atoms with Gasteiger partial charge in [-0.1, -0.05) is 13.3 Å². The fourth-order valence-corrected chi connectivity index (χ4v) is 4.21. The average Bonchev–Trinajstić information content (AvgIpc) is 3.14. The van der Waals surface area contributed by atoms with Crippen molar-refractivity contribution in [3.8, 4) is 0 Å². The van der Waals surface area contributed by atoms with Crippen molar-refractivity contribution in [2.75, 3.05) is 26.2 Å². The van der Waals surface area contributed by atoms with Crippen LogP contribution in [0.25, 0.3) is 0 Å². The summed E-state index contributed by atoms with van der Waals surface area (Å²) in [6, 6.07) is 0. The highest BCUT2D eigenvalue weighted by Crippen LogP contribution is 2.39. The largest absolute Gasteiger partial charge is 0.342 e. The summed E-state index contributed by atoms with van der Waals surface area (Å²) in [5, 5.41) is 0. The van der Waals surface area contributed by atoms with E-state index in [-0.39, 0.29) is 11.3 Å². The molecule has 6 heteroatoms. The number of carbonyl (C=O) groups is 2. The van der Waals surface area contributed by atoms with Crippen LogP contribution in [0.1, 0.15) is 51.9 Å². The fraction of sp³-hybridized carbons (Fsp3) is 0.737. The van der Waals surface area contributed by atoms with Gasteiger partial charge < -0.3 is 14.4 Å². The van der Waals surface area contributed by atoms with Crippen LogP contribution in [0.4, 0.5) is 0 Å². The second kappa shape index (κ2) is 8.02. The number of nitrogens with zero attached hydrogens (tertiary/aromatic N) is 4. The molecule has 0 radical (unpaired) electrons. The standard InChI is InChI=1S/C19H30N4O2/c1-2-3-10-22-14-19(8-5-17(22)24)7-4-11-23(15-19)18(25)6-12-21-13-9-20-16-21/h9,13,16H,2-8,10-12,14-15H2,1H3/t19-/m0/s1. The summed E-state index contributed by atoms with van der Waals surface area (Å²) >= 11 is 0. The van der Waals surface area contributed by atoms with E-state index < -0.39 is 0 Å². The zero-order chi connectivity index (χ0) is 17.7. The number of aryl methyl sites for hydroxylation is 1. The Morgan fingerprint density at radius 1 is 1.28 bits per heavy atom. The number of hydrogen-bond donors (Lipinski definition) is 0. The topological polar surface area (TPSA) is 58.4 Å². The summed E-state index contributed by atoms with van der Waals surface area (Å²) < 4.78 is 1.95. The molecule has 3 heterocycles. The number of amides is 2. The van der Waals surface area contributed by atoms with Crippen LogP contribution in [-0.2, 0) is 16.1 Å². The summed E-state index contributed by atoms with van der Waals surface area (Å²) in [5.41, 5.74) is 0.116. The summed E-state index contributed by atoms with van der Waals surface area (Å²) in [7, 11) is 0. The van der Waals surface area contributed by atoms with E-state index in [1.54, 1.807) is 12.5 Å². The van der Waals surface area contributed by atoms with Crippen LogP contribution in [0, 0.1) is 5.41 Å². The Bertz CT molecular complexity index is 586. The molecule has 2 aliphatic rings. The van der Waals surface area contributed by atoms with E-state index >= 15 is 0 Å². The van der Waals surface area contributed by atoms with E-state index in [2.05, 4.69) is 11.9 Å². The van der Waals surface area contributed by atoms with Crippen LogP contribution in [0.15, 0.2) is 18.7 Å². The maximum atomic E-state index is 12.6. The molecule has 0 aromatic carbocycles. The molecule has 0 unspecified atom stereocenters. The van der Waals surface area contributed by atoms with Crippen LogP contribution in [0.5, 0.6) is 0 Å². The van der Waals surface area contributed by atoms with Gasteiger partial charge in [0.25, 0.3) is 0 Å². The summed E-state index contributed by atoms with van der Waals surface area (Å²) in [5.74, 6) is 0.521. The van der Waals surface area contributed by atoms with E-state index in [4.69, 9.17) is 0 Å². The molecule has 1 atom stereocenters. The van der Waals surface area contributed by atoms with Gasteiger partial charge in [-0.15, -0.1) is 0 Å². The molecule has 1 spiro atoms. The number of unbranched alkanes of at least 4 members (excludes halogenated alkanes) is 1. The third-order valence-corrected chi connectivity index (χ3v) is 5.69. The maximum absolute atomic E-state index is 12.6. The number of rotatable bonds is 6. The van der Waals surface area contributed by atoms with E-state index in [0.717, 1.165) is 58.3 Å². The van der Waals surface area contributed by atoms with Crippen molar-refractivity contribution >= 4 is 11.8 Å². The van der Waals surface area contributed by atoms with E-state index in [1.807, 2.05) is 20.6 Å². The minimum atomic E-state index is 0.116. The van der Waals surface area contributed by atoms with Crippen molar-refractivity contribution in [2.45, 2.75) is 58.4 Å². The smallest absolute Gasteiger partial charge is 0.224 e. The molecule has 0 N–H and O–H groups in total. The molecule has 2 aliphatic heterocycles. The molecule has 25 heavy (non-hydrogen) atoms. The third-order valence-electron chi connectivity index (χ3n) is 5.69. The first-order valence-electron chi connectivity index (χ1n) is 9.63. The van der Waals surface area contributed by atoms with Gasteiger partial charge in [0, 0.05) is 63.4 Å². The first-order chi connectivity index (χ1) is 12.1. The van der Waals surface area contributed by atoms with Crippen LogP contribution in [-0.4, -0.2) is 57.3 Å². The highest BCUT2D eigenvalue weighted by atomic mass is 16.2. The lowest BCUT2D eigenvalue weighted by molar-refractivity contribution is -0.143. The summed E-state index contributed by atoms with van der Waals surface area (Å²) in [6.07, 6.45) is 11.8. The van der Waals surface area contributed by atoms with E-state index in [1.165, 1.54) is 0 Å². The van der Waals surface area contributed by atoms with Crippen molar-refractivity contribution < 1.29 is 9.59 Å². The van der Waals surface area contributed by atoms with Gasteiger partial charge in [0.2, 0.25) is 11.8 Å². The molecule has 1 aromatic rings. The molecule has 138 valence electrons. The first kappa shape index (κ1) is 18.0. The van der Waals surface area contributed by atoms with Crippen molar-refractivity contribution in [2.24, 2.45) is 5.41 Å². The molecule has 6 nitrogen and oxygen atoms in total. The maximum Gasteiger partial charge on any atom is 0.224 e. The van der Waals surface area contributed by atoms with E-state index in [0.29, 0.717) is 25.3 Å². The van der Waals surface area contributed by atoms with Gasteiger partial charge in [0.05, 0.1) is 6.33 Å². The Morgan fingerprint density at radius 3 is 2.92 bits per heavy atom. The number of aromatic nitrogens is 2. The molecule has 2 saturated heterocycles. The summed E-state index contributed by atoms with van der Waals surface area (Å²) in [4.78, 5) is 33.0. The van der Waals surface area contributed by atoms with Crippen LogP contribution >= 0.6 is 0 Å². The van der Waals surface area contributed by atoms with Crippen molar-refractivity contribution in [3.05, 3.63) is 18.7 Å². The van der Waals surface area contributed by atoms with Gasteiger partial charge in [-0.05, 0) is 25.7 Å². The van der Waals surface area contributed by atoms with Gasteiger partial charge in [-0.3, -0.25) is 9.59 Å². The van der Waals surface area contributed by atoms with Crippen LogP contribution in [0.2, 0.25) is 0 Å². The van der Waals surface area contributed by atoms with Gasteiger partial charge >= 0.3 is 0 Å². The number of likely N-dealkylation sites (tertiary alicyclic amines) is 2. The van der Waals surface area contributed by atoms with Crippen molar-refractivity contribution in [1.82, 2.24) is 19.4 Å². The normalized spacial score (nSPS) is 24.1. The predicted molar refractivity (Wildman–Crippen MR) is 95.8 cm³/mol. The van der Waals surface area contributed by atoms with Gasteiger partial charge in [0.1, 0.15) is 0 Å². The second-order valence-corrected chi connectivity index (χ2v) is 7.64. The lowest BCUT2D eigenvalue weighted by Crippen LogP contribution is -2.55. The summed E-state index contributed by atoms with van der Waals surface area (Å²) in [6.45, 7) is 6.21. The second-order valence-electron chi connectivity index (χ2n) is 7.64. The van der Waals surface area contributed by atoms with Crippen LogP contribution < -0.4 is 0 Å². The molecule has 0 saturated carbocycles. The molecular formula is C19H30N4O2. The Kier molecular flexibility index (Phi) is 5.76.